The van der Waals surface area contributed by atoms with Crippen LogP contribution in [0.5, 0.6) is 23.0 Å². The van der Waals surface area contributed by atoms with Gasteiger partial charge < -0.3 is 24.3 Å². The van der Waals surface area contributed by atoms with E-state index in [1.807, 2.05) is 25.1 Å². The second-order valence-corrected chi connectivity index (χ2v) is 7.44. The number of nitrogens with zero attached hydrogens (tertiary/aromatic N) is 1. The van der Waals surface area contributed by atoms with Gasteiger partial charge in [0, 0.05) is 19.2 Å². The molecule has 0 saturated carbocycles. The molecule has 1 amide bonds. The van der Waals surface area contributed by atoms with Crippen LogP contribution in [0.4, 0.5) is 5.69 Å². The number of carbonyl (C=O) groups is 1. The predicted octanol–water partition coefficient (Wildman–Crippen LogP) is 3.08. The van der Waals surface area contributed by atoms with Crippen LogP contribution in [0.2, 0.25) is 0 Å². The highest BCUT2D eigenvalue weighted by molar-refractivity contribution is 5.99. The Labute approximate surface area is 170 Å². The summed E-state index contributed by atoms with van der Waals surface area (Å²) in [7, 11) is 3.17. The highest BCUT2D eigenvalue weighted by Crippen LogP contribution is 2.37. The predicted molar refractivity (Wildman–Crippen MR) is 109 cm³/mol. The molecule has 1 saturated heterocycles. The van der Waals surface area contributed by atoms with E-state index in [1.54, 1.807) is 32.4 Å². The van der Waals surface area contributed by atoms with Gasteiger partial charge in [0.2, 0.25) is 5.91 Å². The average Bonchev–Trinajstić information content (AvgIpc) is 2.75. The maximum absolute atomic E-state index is 13.1. The number of methoxy groups -OCH3 is 2. The Morgan fingerprint density at radius 2 is 1.90 bits per heavy atom. The number of anilines is 1. The molecule has 1 atom stereocenters. The number of hydrogen-bond acceptors (Lipinski definition) is 6. The Morgan fingerprint density at radius 3 is 2.59 bits per heavy atom. The van der Waals surface area contributed by atoms with Crippen LogP contribution < -0.4 is 24.3 Å². The van der Waals surface area contributed by atoms with E-state index in [0.717, 1.165) is 30.0 Å². The first-order chi connectivity index (χ1) is 14.0. The molecule has 0 aliphatic carbocycles. The molecule has 1 fully saturated rings. The first-order valence-electron chi connectivity index (χ1n) is 9.70. The molecule has 2 aliphatic heterocycles. The molecule has 2 aromatic carbocycles. The maximum Gasteiger partial charge on any atom is 0.244 e. The second-order valence-electron chi connectivity index (χ2n) is 7.44. The summed E-state index contributed by atoms with van der Waals surface area (Å²) in [5, 5.41) is 3.01. The van der Waals surface area contributed by atoms with E-state index >= 15 is 0 Å². The van der Waals surface area contributed by atoms with Gasteiger partial charge in [-0.2, -0.15) is 0 Å². The number of hydrogen-bond donors (Lipinski definition) is 1. The summed E-state index contributed by atoms with van der Waals surface area (Å²) in [4.78, 5) is 15.3. The van der Waals surface area contributed by atoms with Crippen molar-refractivity contribution >= 4 is 11.6 Å². The molecule has 7 heteroatoms. The molecule has 0 radical (unpaired) electrons. The van der Waals surface area contributed by atoms with Crippen LogP contribution >= 0.6 is 0 Å². The minimum absolute atomic E-state index is 0.0622. The smallest absolute Gasteiger partial charge is 0.244 e. The average molecular weight is 398 g/mol. The summed E-state index contributed by atoms with van der Waals surface area (Å²) < 4.78 is 21.9. The normalized spacial score (nSPS) is 20.5. The summed E-state index contributed by atoms with van der Waals surface area (Å²) >= 11 is 0. The minimum Gasteiger partial charge on any atom is -0.497 e. The summed E-state index contributed by atoms with van der Waals surface area (Å²) in [6.07, 6.45) is 0.787. The molecule has 154 valence electrons. The molecule has 0 aromatic heterocycles. The molecule has 4 rings (SSSR count). The van der Waals surface area contributed by atoms with Crippen molar-refractivity contribution < 1.29 is 23.7 Å². The number of ether oxygens (including phenoxy) is 4. The lowest BCUT2D eigenvalue weighted by atomic mass is 9.85. The SMILES string of the molecule is COc1ccc(OC)c(NC(=O)C2(C)CCN2Cc2ccc3c(c2)OCCO3)c1. The van der Waals surface area contributed by atoms with Gasteiger partial charge in [0.05, 0.1) is 25.4 Å². The molecule has 1 N–H and O–H groups in total. The molecule has 2 aliphatic rings. The minimum atomic E-state index is -0.596. The topological polar surface area (TPSA) is 69.3 Å². The lowest BCUT2D eigenvalue weighted by molar-refractivity contribution is -0.136. The monoisotopic (exact) mass is 398 g/mol. The van der Waals surface area contributed by atoms with Crippen LogP contribution in [0.15, 0.2) is 36.4 Å². The van der Waals surface area contributed by atoms with E-state index in [4.69, 9.17) is 18.9 Å². The number of rotatable bonds is 6. The molecule has 0 spiro atoms. The van der Waals surface area contributed by atoms with Crippen molar-refractivity contribution in [3.63, 3.8) is 0 Å². The second kappa shape index (κ2) is 7.83. The van der Waals surface area contributed by atoms with Gasteiger partial charge in [-0.05, 0) is 43.2 Å². The molecule has 2 heterocycles. The number of fused-ring (bicyclic) bond motifs is 1. The Hall–Kier alpha value is -2.93. The van der Waals surface area contributed by atoms with Crippen molar-refractivity contribution in [2.45, 2.75) is 25.4 Å². The summed E-state index contributed by atoms with van der Waals surface area (Å²) in [5.74, 6) is 2.73. The number of benzene rings is 2. The summed E-state index contributed by atoms with van der Waals surface area (Å²) in [6, 6.07) is 11.3. The van der Waals surface area contributed by atoms with Gasteiger partial charge in [0.1, 0.15) is 24.7 Å². The third-order valence-corrected chi connectivity index (χ3v) is 5.69. The van der Waals surface area contributed by atoms with Crippen molar-refractivity contribution in [1.29, 1.82) is 0 Å². The van der Waals surface area contributed by atoms with E-state index in [1.165, 1.54) is 0 Å². The third-order valence-electron chi connectivity index (χ3n) is 5.69. The van der Waals surface area contributed by atoms with Crippen molar-refractivity contribution in [2.24, 2.45) is 0 Å². The Kier molecular flexibility index (Phi) is 5.24. The fourth-order valence-electron chi connectivity index (χ4n) is 3.69. The van der Waals surface area contributed by atoms with Gasteiger partial charge >= 0.3 is 0 Å². The van der Waals surface area contributed by atoms with E-state index in [-0.39, 0.29) is 5.91 Å². The number of amides is 1. The fourth-order valence-corrected chi connectivity index (χ4v) is 3.69. The number of carbonyl (C=O) groups excluding carboxylic acids is 1. The van der Waals surface area contributed by atoms with Crippen molar-refractivity contribution in [3.05, 3.63) is 42.0 Å². The quantitative estimate of drug-likeness (QED) is 0.807. The fraction of sp³-hybridized carbons (Fsp3) is 0.409. The standard InChI is InChI=1S/C22H26N2O5/c1-22(21(25)23-17-13-16(26-2)5-7-18(17)27-3)8-9-24(22)14-15-4-6-19-20(12-15)29-11-10-28-19/h4-7,12-13H,8-11,14H2,1-3H3,(H,23,25). The Bertz CT molecular complexity index is 916. The van der Waals surface area contributed by atoms with E-state index in [2.05, 4.69) is 10.2 Å². The van der Waals surface area contributed by atoms with Crippen LogP contribution in [0.1, 0.15) is 18.9 Å². The van der Waals surface area contributed by atoms with Crippen LogP contribution in [-0.4, -0.2) is 50.3 Å². The van der Waals surface area contributed by atoms with Crippen LogP contribution in [0, 0.1) is 0 Å². The lowest BCUT2D eigenvalue weighted by Gasteiger charge is -2.49. The van der Waals surface area contributed by atoms with Gasteiger partial charge in [-0.1, -0.05) is 6.07 Å². The van der Waals surface area contributed by atoms with Crippen molar-refractivity contribution in [1.82, 2.24) is 4.90 Å². The first-order valence-corrected chi connectivity index (χ1v) is 9.70. The highest BCUT2D eigenvalue weighted by atomic mass is 16.6. The molecule has 2 aromatic rings. The van der Waals surface area contributed by atoms with Crippen molar-refractivity contribution in [2.75, 3.05) is 39.3 Å². The molecule has 1 unspecified atom stereocenters. The van der Waals surface area contributed by atoms with E-state index in [9.17, 15) is 4.79 Å². The molecule has 29 heavy (non-hydrogen) atoms. The van der Waals surface area contributed by atoms with Gasteiger partial charge in [0.15, 0.2) is 11.5 Å². The van der Waals surface area contributed by atoms with Gasteiger partial charge in [-0.15, -0.1) is 0 Å². The molecular weight excluding hydrogens is 372 g/mol. The van der Waals surface area contributed by atoms with Gasteiger partial charge in [0.25, 0.3) is 0 Å². The molecule has 0 bridgehead atoms. The first kappa shape index (κ1) is 19.4. The van der Waals surface area contributed by atoms with Crippen LogP contribution in [0.3, 0.4) is 0 Å². The zero-order chi connectivity index (χ0) is 20.4. The maximum atomic E-state index is 13.1. The summed E-state index contributed by atoms with van der Waals surface area (Å²) in [6.45, 7) is 4.62. The Balaban J connectivity index is 1.48. The number of likely N-dealkylation sites (tertiary alicyclic amines) is 1. The summed E-state index contributed by atoms with van der Waals surface area (Å²) in [5.41, 5.74) is 1.10. The van der Waals surface area contributed by atoms with E-state index in [0.29, 0.717) is 36.9 Å². The van der Waals surface area contributed by atoms with Gasteiger partial charge in [-0.25, -0.2) is 0 Å². The van der Waals surface area contributed by atoms with E-state index < -0.39 is 5.54 Å². The third kappa shape index (κ3) is 3.70. The van der Waals surface area contributed by atoms with Gasteiger partial charge in [-0.3, -0.25) is 9.69 Å². The van der Waals surface area contributed by atoms with Crippen LogP contribution in [0.25, 0.3) is 0 Å². The largest absolute Gasteiger partial charge is 0.497 e. The highest BCUT2D eigenvalue weighted by Gasteiger charge is 2.46. The molecular formula is C22H26N2O5. The Morgan fingerprint density at radius 1 is 1.10 bits per heavy atom. The zero-order valence-electron chi connectivity index (χ0n) is 17.0. The molecule has 7 nitrogen and oxygen atoms in total. The van der Waals surface area contributed by atoms with Crippen LogP contribution in [-0.2, 0) is 11.3 Å². The lowest BCUT2D eigenvalue weighted by Crippen LogP contribution is -2.63. The van der Waals surface area contributed by atoms with Crippen molar-refractivity contribution in [3.8, 4) is 23.0 Å². The number of nitrogens with one attached hydrogen (secondary N) is 1. The zero-order valence-corrected chi connectivity index (χ0v) is 17.0.